The van der Waals surface area contributed by atoms with Gasteiger partial charge in [0.05, 0.1) is 12.1 Å². The Bertz CT molecular complexity index is 690. The van der Waals surface area contributed by atoms with Crippen molar-refractivity contribution in [3.8, 4) is 5.82 Å². The summed E-state index contributed by atoms with van der Waals surface area (Å²) in [6, 6.07) is 3.66. The number of rotatable bonds is 4. The molecule has 2 aromatic rings. The molecular formula is C15H18N4O3. The Labute approximate surface area is 127 Å². The summed E-state index contributed by atoms with van der Waals surface area (Å²) >= 11 is 0. The molecule has 2 heterocycles. The largest absolute Gasteiger partial charge is 0.481 e. The maximum atomic E-state index is 12.5. The molecule has 0 saturated heterocycles. The van der Waals surface area contributed by atoms with Gasteiger partial charge >= 0.3 is 5.97 Å². The monoisotopic (exact) mass is 302 g/mol. The van der Waals surface area contributed by atoms with Crippen molar-refractivity contribution in [3.05, 3.63) is 36.3 Å². The fourth-order valence-electron chi connectivity index (χ4n) is 2.97. The molecule has 1 fully saturated rings. The molecule has 22 heavy (non-hydrogen) atoms. The molecule has 0 bridgehead atoms. The minimum absolute atomic E-state index is 0.0914. The van der Waals surface area contributed by atoms with E-state index in [0.29, 0.717) is 30.6 Å². The van der Waals surface area contributed by atoms with Crippen LogP contribution in [0.2, 0.25) is 0 Å². The number of amides is 1. The first-order valence-electron chi connectivity index (χ1n) is 7.25. The van der Waals surface area contributed by atoms with Crippen LogP contribution in [-0.4, -0.2) is 37.4 Å². The molecule has 0 spiro atoms. The van der Waals surface area contributed by atoms with Crippen molar-refractivity contribution in [1.82, 2.24) is 19.7 Å². The molecular weight excluding hydrogens is 284 g/mol. The third-order valence-electron chi connectivity index (χ3n) is 4.12. The number of carbonyl (C=O) groups excluding carboxylic acids is 1. The van der Waals surface area contributed by atoms with Gasteiger partial charge in [-0.3, -0.25) is 14.3 Å². The van der Waals surface area contributed by atoms with Crippen molar-refractivity contribution in [2.24, 2.45) is 13.0 Å². The maximum absolute atomic E-state index is 12.5. The maximum Gasteiger partial charge on any atom is 0.306 e. The summed E-state index contributed by atoms with van der Waals surface area (Å²) in [5.74, 6) is -0.669. The first-order chi connectivity index (χ1) is 10.6. The molecule has 0 radical (unpaired) electrons. The lowest BCUT2D eigenvalue weighted by Gasteiger charge is -2.13. The second-order valence-electron chi connectivity index (χ2n) is 5.61. The molecule has 2 atom stereocenters. The number of carbonyl (C=O) groups is 2. The average Bonchev–Trinajstić information content (AvgIpc) is 3.17. The molecule has 2 aromatic heterocycles. The van der Waals surface area contributed by atoms with Gasteiger partial charge in [-0.1, -0.05) is 0 Å². The molecule has 7 heteroatoms. The number of nitrogens with zero attached hydrogens (tertiary/aromatic N) is 3. The van der Waals surface area contributed by atoms with Crippen molar-refractivity contribution in [1.29, 1.82) is 0 Å². The Morgan fingerprint density at radius 1 is 1.32 bits per heavy atom. The van der Waals surface area contributed by atoms with E-state index in [4.69, 9.17) is 5.11 Å². The van der Waals surface area contributed by atoms with Crippen LogP contribution in [0.5, 0.6) is 0 Å². The van der Waals surface area contributed by atoms with Gasteiger partial charge in [0.1, 0.15) is 11.4 Å². The van der Waals surface area contributed by atoms with Crippen LogP contribution in [0.1, 0.15) is 29.6 Å². The van der Waals surface area contributed by atoms with Gasteiger partial charge in [-0.15, -0.1) is 0 Å². The van der Waals surface area contributed by atoms with Gasteiger partial charge < -0.3 is 15.0 Å². The third kappa shape index (κ3) is 2.61. The summed E-state index contributed by atoms with van der Waals surface area (Å²) in [5, 5.41) is 16.1. The van der Waals surface area contributed by atoms with Crippen molar-refractivity contribution in [3.63, 3.8) is 0 Å². The van der Waals surface area contributed by atoms with Crippen molar-refractivity contribution in [2.75, 3.05) is 0 Å². The summed E-state index contributed by atoms with van der Waals surface area (Å²) in [4.78, 5) is 23.5. The van der Waals surface area contributed by atoms with Crippen LogP contribution in [0.25, 0.3) is 5.82 Å². The summed E-state index contributed by atoms with van der Waals surface area (Å²) < 4.78 is 3.47. The lowest BCUT2D eigenvalue weighted by molar-refractivity contribution is -0.141. The van der Waals surface area contributed by atoms with E-state index in [1.165, 1.54) is 6.20 Å². The highest BCUT2D eigenvalue weighted by Gasteiger charge is 2.31. The van der Waals surface area contributed by atoms with Crippen LogP contribution < -0.4 is 5.32 Å². The van der Waals surface area contributed by atoms with Crippen LogP contribution in [0.3, 0.4) is 0 Å². The highest BCUT2D eigenvalue weighted by Crippen LogP contribution is 2.26. The van der Waals surface area contributed by atoms with Gasteiger partial charge in [0, 0.05) is 25.5 Å². The number of hydrogen-bond acceptors (Lipinski definition) is 3. The molecule has 0 aliphatic heterocycles. The lowest BCUT2D eigenvalue weighted by atomic mass is 10.1. The lowest BCUT2D eigenvalue weighted by Crippen LogP contribution is -2.33. The summed E-state index contributed by atoms with van der Waals surface area (Å²) in [5.41, 5.74) is 0.484. The van der Waals surface area contributed by atoms with Gasteiger partial charge in [-0.05, 0) is 31.4 Å². The zero-order valence-electron chi connectivity index (χ0n) is 12.3. The molecule has 1 saturated carbocycles. The minimum atomic E-state index is -0.786. The van der Waals surface area contributed by atoms with Crippen LogP contribution in [0.15, 0.2) is 30.7 Å². The number of carboxylic acid groups (broad SMARTS) is 1. The van der Waals surface area contributed by atoms with E-state index in [1.807, 2.05) is 29.1 Å². The summed E-state index contributed by atoms with van der Waals surface area (Å²) in [7, 11) is 1.78. The number of carboxylic acids is 1. The number of aromatic nitrogens is 3. The Hall–Kier alpha value is -2.57. The van der Waals surface area contributed by atoms with E-state index < -0.39 is 5.97 Å². The van der Waals surface area contributed by atoms with E-state index in [2.05, 4.69) is 10.4 Å². The van der Waals surface area contributed by atoms with E-state index in [-0.39, 0.29) is 17.9 Å². The van der Waals surface area contributed by atoms with E-state index in [1.54, 1.807) is 11.7 Å². The predicted octanol–water partition coefficient (Wildman–Crippen LogP) is 1.19. The van der Waals surface area contributed by atoms with Crippen molar-refractivity contribution >= 4 is 11.9 Å². The molecule has 3 rings (SSSR count). The Morgan fingerprint density at radius 3 is 2.68 bits per heavy atom. The third-order valence-corrected chi connectivity index (χ3v) is 4.12. The van der Waals surface area contributed by atoms with Gasteiger partial charge in [0.2, 0.25) is 0 Å². The molecule has 2 N–H and O–H groups in total. The second-order valence-corrected chi connectivity index (χ2v) is 5.61. The molecule has 0 unspecified atom stereocenters. The van der Waals surface area contributed by atoms with Crippen LogP contribution in [0.4, 0.5) is 0 Å². The Morgan fingerprint density at radius 2 is 2.05 bits per heavy atom. The van der Waals surface area contributed by atoms with E-state index in [0.717, 1.165) is 0 Å². The summed E-state index contributed by atoms with van der Waals surface area (Å²) in [6.07, 6.45) is 7.03. The smallest absolute Gasteiger partial charge is 0.306 e. The fourth-order valence-corrected chi connectivity index (χ4v) is 2.97. The van der Waals surface area contributed by atoms with E-state index >= 15 is 0 Å². The van der Waals surface area contributed by atoms with Crippen molar-refractivity contribution in [2.45, 2.75) is 25.3 Å². The van der Waals surface area contributed by atoms with Crippen molar-refractivity contribution < 1.29 is 14.7 Å². The molecule has 116 valence electrons. The van der Waals surface area contributed by atoms with Gasteiger partial charge in [-0.25, -0.2) is 0 Å². The molecule has 1 aliphatic rings. The van der Waals surface area contributed by atoms with Gasteiger partial charge in [0.15, 0.2) is 0 Å². The highest BCUT2D eigenvalue weighted by atomic mass is 16.4. The minimum Gasteiger partial charge on any atom is -0.481 e. The zero-order valence-corrected chi connectivity index (χ0v) is 12.3. The standard InChI is InChI=1S/C15H18N4O3/c1-18-14(19-6-2-3-7-19)12(9-16-18)13(20)17-11-5-4-10(8-11)15(21)22/h2-3,6-7,9-11H,4-5,8H2,1H3,(H,17,20)(H,21,22)/t10-,11-/m0/s1. The SMILES string of the molecule is Cn1ncc(C(=O)N[C@H]2CC[C@H](C(=O)O)C2)c1-n1cccc1. The normalized spacial score (nSPS) is 21.0. The number of aryl methyl sites for hydroxylation is 1. The van der Waals surface area contributed by atoms with Gasteiger partial charge in [0.25, 0.3) is 5.91 Å². The predicted molar refractivity (Wildman–Crippen MR) is 78.8 cm³/mol. The zero-order chi connectivity index (χ0) is 15.7. The second kappa shape index (κ2) is 5.67. The highest BCUT2D eigenvalue weighted by molar-refractivity contribution is 5.97. The number of nitrogens with one attached hydrogen (secondary N) is 1. The molecule has 1 amide bonds. The first-order valence-corrected chi connectivity index (χ1v) is 7.25. The van der Waals surface area contributed by atoms with Gasteiger partial charge in [-0.2, -0.15) is 5.10 Å². The Kier molecular flexibility index (Phi) is 3.70. The number of aliphatic carboxylic acids is 1. The Balaban J connectivity index is 1.75. The summed E-state index contributed by atoms with van der Waals surface area (Å²) in [6.45, 7) is 0. The molecule has 0 aromatic carbocycles. The van der Waals surface area contributed by atoms with E-state index in [9.17, 15) is 9.59 Å². The molecule has 7 nitrogen and oxygen atoms in total. The van der Waals surface area contributed by atoms with Crippen LogP contribution in [0, 0.1) is 5.92 Å². The topological polar surface area (TPSA) is 89.2 Å². The number of hydrogen-bond donors (Lipinski definition) is 2. The quantitative estimate of drug-likeness (QED) is 0.888. The molecule has 1 aliphatic carbocycles. The first kappa shape index (κ1) is 14.4. The average molecular weight is 302 g/mol. The van der Waals surface area contributed by atoms with Crippen LogP contribution in [-0.2, 0) is 11.8 Å². The fraction of sp³-hybridized carbons (Fsp3) is 0.400. The van der Waals surface area contributed by atoms with Crippen LogP contribution >= 0.6 is 0 Å².